The zero-order chi connectivity index (χ0) is 21.7. The summed E-state index contributed by atoms with van der Waals surface area (Å²) in [7, 11) is 0. The van der Waals surface area contributed by atoms with Crippen LogP contribution in [0.2, 0.25) is 10.0 Å². The van der Waals surface area contributed by atoms with Crippen LogP contribution in [-0.4, -0.2) is 60.2 Å². The molecule has 0 radical (unpaired) electrons. The van der Waals surface area contributed by atoms with Crippen LogP contribution in [0.5, 0.6) is 0 Å². The van der Waals surface area contributed by atoms with Gasteiger partial charge in [-0.25, -0.2) is 19.6 Å². The van der Waals surface area contributed by atoms with Crippen molar-refractivity contribution in [3.05, 3.63) is 58.2 Å². The van der Waals surface area contributed by atoms with E-state index in [1.165, 1.54) is 0 Å². The third-order valence-electron chi connectivity index (χ3n) is 4.11. The van der Waals surface area contributed by atoms with Crippen molar-refractivity contribution in [3.63, 3.8) is 0 Å². The number of hydrogen-bond donors (Lipinski definition) is 2. The summed E-state index contributed by atoms with van der Waals surface area (Å²) >= 11 is 12.1. The maximum atomic E-state index is 9.10. The fourth-order valence-corrected chi connectivity index (χ4v) is 3.12. The number of aromatic nitrogens is 4. The van der Waals surface area contributed by atoms with Gasteiger partial charge in [0.25, 0.3) is 0 Å². The molecule has 0 unspecified atom stereocenters. The number of carboxylic acid groups (broad SMARTS) is 2. The van der Waals surface area contributed by atoms with E-state index in [0.717, 1.165) is 25.2 Å². The molecule has 0 bridgehead atoms. The molecule has 0 aliphatic carbocycles. The van der Waals surface area contributed by atoms with Crippen LogP contribution in [0.3, 0.4) is 0 Å². The van der Waals surface area contributed by atoms with Gasteiger partial charge in [-0.1, -0.05) is 34.4 Å². The second-order valence-corrected chi connectivity index (χ2v) is 7.11. The smallest absolute Gasteiger partial charge is 0.414 e. The van der Waals surface area contributed by atoms with Gasteiger partial charge >= 0.3 is 11.9 Å². The first-order valence-corrected chi connectivity index (χ1v) is 9.32. The van der Waals surface area contributed by atoms with Crippen LogP contribution >= 0.6 is 23.2 Å². The van der Waals surface area contributed by atoms with Crippen LogP contribution in [0, 0.1) is 0 Å². The van der Waals surface area contributed by atoms with Crippen molar-refractivity contribution < 1.29 is 24.3 Å². The molecular formula is C18H15Cl2N5O5. The molecule has 1 aliphatic heterocycles. The fraction of sp³-hybridized carbons (Fsp3) is 0.222. The minimum atomic E-state index is -1.82. The van der Waals surface area contributed by atoms with Gasteiger partial charge in [-0.3, -0.25) is 4.90 Å². The lowest BCUT2D eigenvalue weighted by Gasteiger charge is -2.37. The predicted octanol–water partition coefficient (Wildman–Crippen LogP) is 2.59. The Balaban J connectivity index is 0.000000377. The van der Waals surface area contributed by atoms with Crippen LogP contribution < -0.4 is 0 Å². The number of nitrogens with zero attached hydrogens (tertiary/aromatic N) is 5. The van der Waals surface area contributed by atoms with Crippen LogP contribution in [0.1, 0.15) is 17.4 Å². The van der Waals surface area contributed by atoms with Crippen molar-refractivity contribution >= 4 is 35.1 Å². The first kappa shape index (κ1) is 21.6. The van der Waals surface area contributed by atoms with E-state index in [1.807, 2.05) is 12.1 Å². The number of carbonyl (C=O) groups is 2. The molecule has 1 saturated heterocycles. The Labute approximate surface area is 180 Å². The lowest BCUT2D eigenvalue weighted by atomic mass is 9.99. The number of carboxylic acids is 2. The van der Waals surface area contributed by atoms with Gasteiger partial charge in [0.15, 0.2) is 0 Å². The van der Waals surface area contributed by atoms with E-state index in [9.17, 15) is 0 Å². The number of aliphatic carboxylic acids is 2. The molecule has 4 rings (SSSR count). The zero-order valence-electron chi connectivity index (χ0n) is 15.3. The normalized spacial score (nSPS) is 13.8. The Morgan fingerprint density at radius 2 is 1.77 bits per heavy atom. The highest BCUT2D eigenvalue weighted by atomic mass is 35.5. The second-order valence-electron chi connectivity index (χ2n) is 6.27. The minimum Gasteiger partial charge on any atom is -0.473 e. The molecule has 12 heteroatoms. The summed E-state index contributed by atoms with van der Waals surface area (Å²) in [5.74, 6) is -1.91. The predicted molar refractivity (Wildman–Crippen MR) is 105 cm³/mol. The summed E-state index contributed by atoms with van der Waals surface area (Å²) in [6.07, 6.45) is 3.30. The van der Waals surface area contributed by atoms with Crippen LogP contribution in [-0.2, 0) is 16.1 Å². The number of benzene rings is 1. The third kappa shape index (κ3) is 5.50. The highest BCUT2D eigenvalue weighted by Gasteiger charge is 2.33. The van der Waals surface area contributed by atoms with E-state index < -0.39 is 11.9 Å². The minimum absolute atomic E-state index is 0.223. The molecule has 3 heterocycles. The van der Waals surface area contributed by atoms with Gasteiger partial charge in [-0.15, -0.1) is 0 Å². The van der Waals surface area contributed by atoms with Gasteiger partial charge in [-0.05, 0) is 23.8 Å². The van der Waals surface area contributed by atoms with E-state index in [4.69, 9.17) is 47.5 Å². The quantitative estimate of drug-likeness (QED) is 0.567. The van der Waals surface area contributed by atoms with E-state index in [2.05, 4.69) is 25.0 Å². The van der Waals surface area contributed by atoms with Crippen molar-refractivity contribution in [1.29, 1.82) is 0 Å². The van der Waals surface area contributed by atoms with Crippen molar-refractivity contribution in [2.45, 2.75) is 12.5 Å². The van der Waals surface area contributed by atoms with E-state index in [1.54, 1.807) is 24.5 Å². The number of hydrogen-bond acceptors (Lipinski definition) is 8. The summed E-state index contributed by atoms with van der Waals surface area (Å²) in [4.78, 5) is 33.1. The highest BCUT2D eigenvalue weighted by Crippen LogP contribution is 2.30. The summed E-state index contributed by atoms with van der Waals surface area (Å²) in [6.45, 7) is 2.46. The lowest BCUT2D eigenvalue weighted by molar-refractivity contribution is -0.159. The highest BCUT2D eigenvalue weighted by molar-refractivity contribution is 6.35. The first-order valence-electron chi connectivity index (χ1n) is 8.57. The topological polar surface area (TPSA) is 143 Å². The Morgan fingerprint density at radius 3 is 2.37 bits per heavy atom. The maximum Gasteiger partial charge on any atom is 0.414 e. The molecule has 0 amide bonds. The lowest BCUT2D eigenvalue weighted by Crippen LogP contribution is -2.44. The number of rotatable bonds is 4. The van der Waals surface area contributed by atoms with Crippen LogP contribution in [0.25, 0.3) is 11.6 Å². The van der Waals surface area contributed by atoms with Crippen molar-refractivity contribution in [2.75, 3.05) is 13.1 Å². The number of likely N-dealkylation sites (tertiary alicyclic amines) is 1. The van der Waals surface area contributed by atoms with E-state index in [-0.39, 0.29) is 5.92 Å². The zero-order valence-corrected chi connectivity index (χ0v) is 16.8. The average molecular weight is 452 g/mol. The molecule has 0 spiro atoms. The molecule has 30 heavy (non-hydrogen) atoms. The second kappa shape index (κ2) is 9.61. The van der Waals surface area contributed by atoms with Gasteiger partial charge < -0.3 is 14.7 Å². The number of halogens is 2. The molecule has 3 aromatic rings. The molecule has 0 saturated carbocycles. The Morgan fingerprint density at radius 1 is 1.10 bits per heavy atom. The fourth-order valence-electron chi connectivity index (χ4n) is 2.65. The maximum absolute atomic E-state index is 9.10. The van der Waals surface area contributed by atoms with Crippen molar-refractivity contribution in [3.8, 4) is 11.6 Å². The van der Waals surface area contributed by atoms with Gasteiger partial charge in [0.2, 0.25) is 17.5 Å². The van der Waals surface area contributed by atoms with Gasteiger partial charge in [0.1, 0.15) is 0 Å². The molecule has 0 atom stereocenters. The van der Waals surface area contributed by atoms with E-state index in [0.29, 0.717) is 27.6 Å². The summed E-state index contributed by atoms with van der Waals surface area (Å²) in [5.41, 5.74) is 1.06. The Hall–Kier alpha value is -3.08. The molecule has 10 nitrogen and oxygen atoms in total. The molecule has 1 aromatic carbocycles. The summed E-state index contributed by atoms with van der Waals surface area (Å²) in [5, 5.41) is 20.1. The molecule has 2 aromatic heterocycles. The largest absolute Gasteiger partial charge is 0.473 e. The van der Waals surface area contributed by atoms with Crippen LogP contribution in [0.4, 0.5) is 0 Å². The monoisotopic (exact) mass is 451 g/mol. The van der Waals surface area contributed by atoms with E-state index >= 15 is 0 Å². The first-order chi connectivity index (χ1) is 14.3. The van der Waals surface area contributed by atoms with Crippen molar-refractivity contribution in [1.82, 2.24) is 25.0 Å². The molecule has 156 valence electrons. The SMILES string of the molecule is Clc1ccc(CN2CC(c3nc(-c4ncccn4)no3)C2)c(Cl)c1.O=C(O)C(=O)O. The summed E-state index contributed by atoms with van der Waals surface area (Å²) < 4.78 is 5.35. The van der Waals surface area contributed by atoms with Crippen molar-refractivity contribution in [2.24, 2.45) is 0 Å². The summed E-state index contributed by atoms with van der Waals surface area (Å²) in [6, 6.07) is 7.32. The Kier molecular flexibility index (Phi) is 6.93. The third-order valence-corrected chi connectivity index (χ3v) is 4.69. The molecule has 1 fully saturated rings. The standard InChI is InChI=1S/C16H13Cl2N5O.C2H2O4/c17-12-3-2-10(13(18)6-12)7-23-8-11(9-23)16-21-15(22-24-16)14-19-4-1-5-20-14;3-1(4)2(5)6/h1-6,11H,7-9H2;(H,3,4)(H,5,6). The average Bonchev–Trinajstić information content (AvgIpc) is 3.16. The Bertz CT molecular complexity index is 1030. The van der Waals surface area contributed by atoms with Gasteiger partial charge in [0.05, 0.1) is 5.92 Å². The molecular weight excluding hydrogens is 437 g/mol. The molecule has 1 aliphatic rings. The van der Waals surface area contributed by atoms with Gasteiger partial charge in [0, 0.05) is 42.1 Å². The van der Waals surface area contributed by atoms with Crippen LogP contribution in [0.15, 0.2) is 41.2 Å². The van der Waals surface area contributed by atoms with Gasteiger partial charge in [-0.2, -0.15) is 4.98 Å². The molecule has 2 N–H and O–H groups in total.